The zero-order valence-electron chi connectivity index (χ0n) is 10.2. The molecule has 0 saturated heterocycles. The van der Waals surface area contributed by atoms with Crippen molar-refractivity contribution in [2.45, 2.75) is 24.0 Å². The Morgan fingerprint density at radius 3 is 2.76 bits per heavy atom. The van der Waals surface area contributed by atoms with Crippen molar-refractivity contribution in [2.24, 2.45) is 0 Å². The molecule has 0 radical (unpaired) electrons. The molecule has 0 saturated carbocycles. The molecule has 0 unspecified atom stereocenters. The minimum atomic E-state index is -0.0691. The third-order valence-corrected chi connectivity index (χ3v) is 3.23. The van der Waals surface area contributed by atoms with Crippen molar-refractivity contribution in [3.05, 3.63) is 23.2 Å². The van der Waals surface area contributed by atoms with Gasteiger partial charge < -0.3 is 10.6 Å². The lowest BCUT2D eigenvalue weighted by Gasteiger charge is -2.12. The van der Waals surface area contributed by atoms with Gasteiger partial charge in [-0.3, -0.25) is 4.79 Å². The second kappa shape index (κ2) is 6.89. The molecular weight excluding hydrogens is 256 g/mol. The van der Waals surface area contributed by atoms with Gasteiger partial charge in [-0.15, -0.1) is 11.8 Å². The highest BCUT2D eigenvalue weighted by Gasteiger charge is 2.09. The normalized spacial score (nSPS) is 10.6. The van der Waals surface area contributed by atoms with Crippen LogP contribution in [0.25, 0.3) is 0 Å². The van der Waals surface area contributed by atoms with Gasteiger partial charge in [-0.05, 0) is 25.2 Å². The molecule has 5 heteroatoms. The summed E-state index contributed by atoms with van der Waals surface area (Å²) in [5.74, 6) is -0.0691. The van der Waals surface area contributed by atoms with Crippen molar-refractivity contribution >= 4 is 35.0 Å². The quantitative estimate of drug-likeness (QED) is 0.810. The molecule has 0 aliphatic rings. The number of halogens is 1. The SMILES string of the molecule is CNCC(=O)Nc1cc(Cl)ccc1SC(C)C. The van der Waals surface area contributed by atoms with E-state index in [0.29, 0.717) is 10.3 Å². The molecule has 17 heavy (non-hydrogen) atoms. The number of thioether (sulfide) groups is 1. The van der Waals surface area contributed by atoms with Gasteiger partial charge in [-0.25, -0.2) is 0 Å². The van der Waals surface area contributed by atoms with Crippen molar-refractivity contribution in [2.75, 3.05) is 18.9 Å². The number of carbonyl (C=O) groups is 1. The van der Waals surface area contributed by atoms with Crippen molar-refractivity contribution in [3.8, 4) is 0 Å². The summed E-state index contributed by atoms with van der Waals surface area (Å²) in [6.45, 7) is 4.51. The topological polar surface area (TPSA) is 41.1 Å². The molecule has 0 aromatic heterocycles. The standard InChI is InChI=1S/C12H17ClN2OS/c1-8(2)17-11-5-4-9(13)6-10(11)15-12(16)7-14-3/h4-6,8,14H,7H2,1-3H3,(H,15,16). The van der Waals surface area contributed by atoms with Crippen LogP contribution in [0.15, 0.2) is 23.1 Å². The fourth-order valence-corrected chi connectivity index (χ4v) is 2.38. The van der Waals surface area contributed by atoms with Crippen LogP contribution >= 0.6 is 23.4 Å². The first-order valence-corrected chi connectivity index (χ1v) is 6.69. The fourth-order valence-electron chi connectivity index (χ4n) is 1.31. The maximum atomic E-state index is 11.5. The van der Waals surface area contributed by atoms with Crippen molar-refractivity contribution in [1.29, 1.82) is 0 Å². The first-order valence-electron chi connectivity index (χ1n) is 5.43. The molecule has 1 rings (SSSR count). The lowest BCUT2D eigenvalue weighted by atomic mass is 10.3. The van der Waals surface area contributed by atoms with Gasteiger partial charge in [0.25, 0.3) is 0 Å². The zero-order valence-corrected chi connectivity index (χ0v) is 11.8. The molecule has 0 aliphatic carbocycles. The van der Waals surface area contributed by atoms with E-state index in [9.17, 15) is 4.79 Å². The Balaban J connectivity index is 2.86. The fraction of sp³-hybridized carbons (Fsp3) is 0.417. The van der Waals surface area contributed by atoms with E-state index in [0.717, 1.165) is 10.6 Å². The number of nitrogens with one attached hydrogen (secondary N) is 2. The highest BCUT2D eigenvalue weighted by atomic mass is 35.5. The molecule has 3 nitrogen and oxygen atoms in total. The van der Waals surface area contributed by atoms with Gasteiger partial charge in [0, 0.05) is 15.2 Å². The summed E-state index contributed by atoms with van der Waals surface area (Å²) in [7, 11) is 1.74. The summed E-state index contributed by atoms with van der Waals surface area (Å²) < 4.78 is 0. The summed E-state index contributed by atoms with van der Waals surface area (Å²) in [6.07, 6.45) is 0. The van der Waals surface area contributed by atoms with Gasteiger partial charge in [0.15, 0.2) is 0 Å². The van der Waals surface area contributed by atoms with E-state index in [-0.39, 0.29) is 12.5 Å². The van der Waals surface area contributed by atoms with E-state index in [2.05, 4.69) is 24.5 Å². The zero-order chi connectivity index (χ0) is 12.8. The number of rotatable bonds is 5. The van der Waals surface area contributed by atoms with Crippen LogP contribution in [0.3, 0.4) is 0 Å². The van der Waals surface area contributed by atoms with Crippen LogP contribution < -0.4 is 10.6 Å². The predicted octanol–water partition coefficient (Wildman–Crippen LogP) is 3.00. The van der Waals surface area contributed by atoms with E-state index in [1.54, 1.807) is 24.9 Å². The molecule has 0 aliphatic heterocycles. The predicted molar refractivity (Wildman–Crippen MR) is 75.0 cm³/mol. The number of hydrogen-bond acceptors (Lipinski definition) is 3. The maximum absolute atomic E-state index is 11.5. The first-order chi connectivity index (χ1) is 8.02. The Morgan fingerprint density at radius 1 is 1.47 bits per heavy atom. The average molecular weight is 273 g/mol. The molecule has 0 fully saturated rings. The molecule has 1 aromatic rings. The molecule has 0 atom stereocenters. The summed E-state index contributed by atoms with van der Waals surface area (Å²) >= 11 is 7.64. The molecule has 0 heterocycles. The highest BCUT2D eigenvalue weighted by molar-refractivity contribution is 8.00. The van der Waals surface area contributed by atoms with Crippen LogP contribution in [0.1, 0.15) is 13.8 Å². The van der Waals surface area contributed by atoms with Crippen molar-refractivity contribution < 1.29 is 4.79 Å². The van der Waals surface area contributed by atoms with Crippen LogP contribution in [-0.2, 0) is 4.79 Å². The summed E-state index contributed by atoms with van der Waals surface area (Å²) in [6, 6.07) is 5.54. The molecule has 1 amide bonds. The van der Waals surface area contributed by atoms with Crippen LogP contribution in [0.2, 0.25) is 5.02 Å². The van der Waals surface area contributed by atoms with Gasteiger partial charge in [-0.1, -0.05) is 25.4 Å². The lowest BCUT2D eigenvalue weighted by Crippen LogP contribution is -2.25. The minimum absolute atomic E-state index is 0.0691. The molecule has 94 valence electrons. The summed E-state index contributed by atoms with van der Waals surface area (Å²) in [5, 5.41) is 6.74. The maximum Gasteiger partial charge on any atom is 0.238 e. The molecule has 2 N–H and O–H groups in total. The largest absolute Gasteiger partial charge is 0.324 e. The van der Waals surface area contributed by atoms with Crippen LogP contribution in [0, 0.1) is 0 Å². The average Bonchev–Trinajstić information content (AvgIpc) is 2.22. The second-order valence-corrected chi connectivity index (χ2v) is 5.94. The van der Waals surface area contributed by atoms with Gasteiger partial charge in [0.05, 0.1) is 12.2 Å². The van der Waals surface area contributed by atoms with E-state index < -0.39 is 0 Å². The van der Waals surface area contributed by atoms with E-state index >= 15 is 0 Å². The Hall–Kier alpha value is -0.710. The summed E-state index contributed by atoms with van der Waals surface area (Å²) in [5.41, 5.74) is 0.774. The van der Waals surface area contributed by atoms with Crippen LogP contribution in [0.5, 0.6) is 0 Å². The minimum Gasteiger partial charge on any atom is -0.324 e. The van der Waals surface area contributed by atoms with Gasteiger partial charge in [-0.2, -0.15) is 0 Å². The highest BCUT2D eigenvalue weighted by Crippen LogP contribution is 2.32. The second-order valence-electron chi connectivity index (χ2n) is 3.89. The Kier molecular flexibility index (Phi) is 5.82. The number of anilines is 1. The van der Waals surface area contributed by atoms with Crippen molar-refractivity contribution in [1.82, 2.24) is 5.32 Å². The van der Waals surface area contributed by atoms with E-state index in [4.69, 9.17) is 11.6 Å². The smallest absolute Gasteiger partial charge is 0.238 e. The van der Waals surface area contributed by atoms with Crippen LogP contribution in [-0.4, -0.2) is 24.7 Å². The Morgan fingerprint density at radius 2 is 2.18 bits per heavy atom. The number of benzene rings is 1. The van der Waals surface area contributed by atoms with Gasteiger partial charge in [0.1, 0.15) is 0 Å². The molecule has 0 spiro atoms. The monoisotopic (exact) mass is 272 g/mol. The molecular formula is C12H17ClN2OS. The number of carbonyl (C=O) groups excluding carboxylic acids is 1. The van der Waals surface area contributed by atoms with Gasteiger partial charge >= 0.3 is 0 Å². The molecule has 0 bridgehead atoms. The third-order valence-electron chi connectivity index (χ3n) is 1.92. The number of likely N-dealkylation sites (N-methyl/N-ethyl adjacent to an activating group) is 1. The van der Waals surface area contributed by atoms with Crippen LogP contribution in [0.4, 0.5) is 5.69 Å². The number of amides is 1. The molecule has 1 aromatic carbocycles. The van der Waals surface area contributed by atoms with E-state index in [1.165, 1.54) is 0 Å². The van der Waals surface area contributed by atoms with E-state index in [1.807, 2.05) is 12.1 Å². The Labute approximate surface area is 111 Å². The lowest BCUT2D eigenvalue weighted by molar-refractivity contribution is -0.115. The first kappa shape index (κ1) is 14.4. The number of hydrogen-bond donors (Lipinski definition) is 2. The van der Waals surface area contributed by atoms with Crippen molar-refractivity contribution in [3.63, 3.8) is 0 Å². The third kappa shape index (κ3) is 4.98. The Bertz CT molecular complexity index is 396. The summed E-state index contributed by atoms with van der Waals surface area (Å²) in [4.78, 5) is 12.6. The van der Waals surface area contributed by atoms with Gasteiger partial charge in [0.2, 0.25) is 5.91 Å².